The van der Waals surface area contributed by atoms with E-state index < -0.39 is 0 Å². The van der Waals surface area contributed by atoms with E-state index in [1.807, 2.05) is 35.9 Å². The minimum absolute atomic E-state index is 0.144. The molecule has 0 atom stereocenters. The highest BCUT2D eigenvalue weighted by molar-refractivity contribution is 5.38. The van der Waals surface area contributed by atoms with Crippen LogP contribution in [0.25, 0.3) is 0 Å². The van der Waals surface area contributed by atoms with Gasteiger partial charge < -0.3 is 9.84 Å². The van der Waals surface area contributed by atoms with Crippen molar-refractivity contribution in [3.63, 3.8) is 0 Å². The van der Waals surface area contributed by atoms with Gasteiger partial charge in [0.25, 0.3) is 0 Å². The summed E-state index contributed by atoms with van der Waals surface area (Å²) in [7, 11) is 0. The van der Waals surface area contributed by atoms with Gasteiger partial charge in [-0.05, 0) is 43.9 Å². The summed E-state index contributed by atoms with van der Waals surface area (Å²) < 4.78 is 7.92. The zero-order valence-corrected chi connectivity index (χ0v) is 14.0. The molecule has 1 aliphatic rings. The van der Waals surface area contributed by atoms with Gasteiger partial charge in [0.05, 0.1) is 23.0 Å². The van der Waals surface area contributed by atoms with Crippen molar-refractivity contribution < 1.29 is 9.84 Å². The van der Waals surface area contributed by atoms with Crippen LogP contribution in [0.2, 0.25) is 0 Å². The molecule has 126 valence electrons. The van der Waals surface area contributed by atoms with E-state index >= 15 is 0 Å². The number of aryl methyl sites for hydroxylation is 1. The molecular weight excluding hydrogens is 302 g/mol. The van der Waals surface area contributed by atoms with Crippen molar-refractivity contribution in [1.82, 2.24) is 9.78 Å². The second-order valence-corrected chi connectivity index (χ2v) is 6.31. The molecule has 1 N–H and O–H groups in total. The van der Waals surface area contributed by atoms with Crippen LogP contribution in [-0.2, 0) is 13.0 Å². The SMILES string of the molecule is Cc1nn(C2CCCC2)c(COc2ccc(CCO)cc2)c1C#N. The lowest BCUT2D eigenvalue weighted by molar-refractivity contribution is 0.283. The lowest BCUT2D eigenvalue weighted by atomic mass is 10.1. The number of hydrogen-bond acceptors (Lipinski definition) is 4. The molecule has 0 spiro atoms. The van der Waals surface area contributed by atoms with E-state index in [-0.39, 0.29) is 6.61 Å². The van der Waals surface area contributed by atoms with Gasteiger partial charge in [-0.15, -0.1) is 0 Å². The quantitative estimate of drug-likeness (QED) is 0.884. The lowest BCUT2D eigenvalue weighted by Crippen LogP contribution is -2.13. The molecule has 0 saturated heterocycles. The van der Waals surface area contributed by atoms with Gasteiger partial charge >= 0.3 is 0 Å². The molecule has 5 heteroatoms. The van der Waals surface area contributed by atoms with E-state index in [0.717, 1.165) is 35.5 Å². The molecule has 1 aromatic carbocycles. The zero-order valence-electron chi connectivity index (χ0n) is 14.0. The minimum Gasteiger partial charge on any atom is -0.487 e. The number of aliphatic hydroxyl groups excluding tert-OH is 1. The molecule has 0 radical (unpaired) electrons. The molecule has 1 aliphatic carbocycles. The maximum Gasteiger partial charge on any atom is 0.131 e. The molecule has 1 heterocycles. The van der Waals surface area contributed by atoms with E-state index in [9.17, 15) is 5.26 Å². The van der Waals surface area contributed by atoms with Gasteiger partial charge in [0.1, 0.15) is 18.4 Å². The first-order valence-electron chi connectivity index (χ1n) is 8.53. The lowest BCUT2D eigenvalue weighted by Gasteiger charge is -2.15. The van der Waals surface area contributed by atoms with Crippen LogP contribution in [0.3, 0.4) is 0 Å². The fraction of sp³-hybridized carbons (Fsp3) is 0.474. The van der Waals surface area contributed by atoms with Crippen molar-refractivity contribution in [2.45, 2.75) is 51.7 Å². The Balaban J connectivity index is 1.77. The monoisotopic (exact) mass is 325 g/mol. The minimum atomic E-state index is 0.144. The van der Waals surface area contributed by atoms with E-state index in [1.54, 1.807) is 0 Å². The van der Waals surface area contributed by atoms with Crippen LogP contribution in [0, 0.1) is 18.3 Å². The summed E-state index contributed by atoms with van der Waals surface area (Å²) in [6, 6.07) is 10.4. The fourth-order valence-electron chi connectivity index (χ4n) is 3.36. The molecule has 24 heavy (non-hydrogen) atoms. The smallest absolute Gasteiger partial charge is 0.131 e. The molecular formula is C19H23N3O2. The molecule has 1 saturated carbocycles. The Labute approximate surface area is 142 Å². The van der Waals surface area contributed by atoms with Gasteiger partial charge in [-0.3, -0.25) is 4.68 Å². The van der Waals surface area contributed by atoms with Crippen molar-refractivity contribution in [2.24, 2.45) is 0 Å². The van der Waals surface area contributed by atoms with Crippen LogP contribution in [-0.4, -0.2) is 21.5 Å². The van der Waals surface area contributed by atoms with Gasteiger partial charge in [-0.1, -0.05) is 25.0 Å². The molecule has 1 aromatic heterocycles. The number of aromatic nitrogens is 2. The average molecular weight is 325 g/mol. The number of rotatable bonds is 6. The van der Waals surface area contributed by atoms with E-state index in [1.165, 1.54) is 12.8 Å². The van der Waals surface area contributed by atoms with Gasteiger partial charge in [-0.2, -0.15) is 10.4 Å². The van der Waals surface area contributed by atoms with Crippen molar-refractivity contribution in [1.29, 1.82) is 5.26 Å². The molecule has 5 nitrogen and oxygen atoms in total. The number of nitrogens with zero attached hydrogens (tertiary/aromatic N) is 3. The molecule has 0 aliphatic heterocycles. The fourth-order valence-corrected chi connectivity index (χ4v) is 3.36. The average Bonchev–Trinajstić information content (AvgIpc) is 3.22. The van der Waals surface area contributed by atoms with Crippen molar-refractivity contribution in [3.8, 4) is 11.8 Å². The Bertz CT molecular complexity index is 722. The maximum absolute atomic E-state index is 9.47. The van der Waals surface area contributed by atoms with Crippen LogP contribution >= 0.6 is 0 Å². The highest BCUT2D eigenvalue weighted by Gasteiger charge is 2.24. The zero-order chi connectivity index (χ0) is 16.9. The summed E-state index contributed by atoms with van der Waals surface area (Å²) in [6.45, 7) is 2.38. The number of ether oxygens (including phenoxy) is 1. The summed E-state index contributed by atoms with van der Waals surface area (Å²) >= 11 is 0. The second kappa shape index (κ2) is 7.50. The maximum atomic E-state index is 9.47. The predicted molar refractivity (Wildman–Crippen MR) is 90.7 cm³/mol. The van der Waals surface area contributed by atoms with Gasteiger partial charge in [0.15, 0.2) is 0 Å². The summed E-state index contributed by atoms with van der Waals surface area (Å²) in [5, 5.41) is 23.0. The number of benzene rings is 1. The molecule has 0 bridgehead atoms. The van der Waals surface area contributed by atoms with Gasteiger partial charge in [-0.25, -0.2) is 0 Å². The van der Waals surface area contributed by atoms with Crippen molar-refractivity contribution in [2.75, 3.05) is 6.61 Å². The highest BCUT2D eigenvalue weighted by Crippen LogP contribution is 2.32. The Kier molecular flexibility index (Phi) is 5.17. The van der Waals surface area contributed by atoms with E-state index in [4.69, 9.17) is 9.84 Å². The highest BCUT2D eigenvalue weighted by atomic mass is 16.5. The molecule has 3 rings (SSSR count). The van der Waals surface area contributed by atoms with Crippen LogP contribution in [0.1, 0.15) is 54.2 Å². The van der Waals surface area contributed by atoms with Gasteiger partial charge in [0, 0.05) is 6.61 Å². The van der Waals surface area contributed by atoms with Gasteiger partial charge in [0.2, 0.25) is 0 Å². The number of nitriles is 1. The Hall–Kier alpha value is -2.32. The second-order valence-electron chi connectivity index (χ2n) is 6.31. The third-order valence-corrected chi connectivity index (χ3v) is 4.67. The first kappa shape index (κ1) is 16.5. The van der Waals surface area contributed by atoms with Crippen molar-refractivity contribution in [3.05, 3.63) is 46.8 Å². The van der Waals surface area contributed by atoms with Crippen LogP contribution in [0.15, 0.2) is 24.3 Å². The third kappa shape index (κ3) is 3.44. The van der Waals surface area contributed by atoms with E-state index in [2.05, 4.69) is 11.2 Å². The summed E-state index contributed by atoms with van der Waals surface area (Å²) in [6.07, 6.45) is 5.33. The Morgan fingerprint density at radius 2 is 2.00 bits per heavy atom. The molecule has 0 amide bonds. The normalized spacial score (nSPS) is 14.7. The topological polar surface area (TPSA) is 71.1 Å². The van der Waals surface area contributed by atoms with E-state index in [0.29, 0.717) is 24.6 Å². The Morgan fingerprint density at radius 3 is 2.62 bits per heavy atom. The number of aliphatic hydroxyl groups is 1. The first-order chi connectivity index (χ1) is 11.7. The summed E-state index contributed by atoms with van der Waals surface area (Å²) in [5.74, 6) is 0.761. The van der Waals surface area contributed by atoms with Crippen LogP contribution in [0.5, 0.6) is 5.75 Å². The standard InChI is InChI=1S/C19H23N3O2/c1-14-18(12-20)19(22(21-14)16-4-2-3-5-16)13-24-17-8-6-15(7-9-17)10-11-23/h6-9,16,23H,2-5,10-11,13H2,1H3. The molecule has 1 fully saturated rings. The summed E-state index contributed by atoms with van der Waals surface area (Å²) in [4.78, 5) is 0. The molecule has 0 unspecified atom stereocenters. The largest absolute Gasteiger partial charge is 0.487 e. The molecule has 2 aromatic rings. The summed E-state index contributed by atoms with van der Waals surface area (Å²) in [5.41, 5.74) is 3.37. The Morgan fingerprint density at radius 1 is 1.29 bits per heavy atom. The van der Waals surface area contributed by atoms with Crippen LogP contribution in [0.4, 0.5) is 0 Å². The predicted octanol–water partition coefficient (Wildman–Crippen LogP) is 3.29. The third-order valence-electron chi connectivity index (χ3n) is 4.67. The van der Waals surface area contributed by atoms with Crippen molar-refractivity contribution >= 4 is 0 Å². The first-order valence-corrected chi connectivity index (χ1v) is 8.53. The number of hydrogen-bond donors (Lipinski definition) is 1. The van der Waals surface area contributed by atoms with Crippen LogP contribution < -0.4 is 4.74 Å².